The molecule has 2 atom stereocenters. The lowest BCUT2D eigenvalue weighted by Gasteiger charge is -2.28. The highest BCUT2D eigenvalue weighted by molar-refractivity contribution is 5.72. The summed E-state index contributed by atoms with van der Waals surface area (Å²) in [5, 5.41) is 9.98. The largest absolute Gasteiger partial charge is 0.502 e. The highest BCUT2D eigenvalue weighted by atomic mass is 16.5. The zero-order chi connectivity index (χ0) is 16.8. The van der Waals surface area contributed by atoms with Gasteiger partial charge >= 0.3 is 5.97 Å². The molecule has 0 aliphatic carbocycles. The predicted octanol–water partition coefficient (Wildman–Crippen LogP) is 0.767. The summed E-state index contributed by atoms with van der Waals surface area (Å²) in [5.41, 5.74) is 1.01. The number of phenolic OH excluding ortho intramolecular Hbond substituents is 1. The van der Waals surface area contributed by atoms with E-state index in [4.69, 9.17) is 14.2 Å². The van der Waals surface area contributed by atoms with Crippen LogP contribution in [-0.4, -0.2) is 45.0 Å². The van der Waals surface area contributed by atoms with E-state index in [-0.39, 0.29) is 17.6 Å². The van der Waals surface area contributed by atoms with Crippen LogP contribution in [0.15, 0.2) is 12.1 Å². The molecule has 1 aliphatic rings. The van der Waals surface area contributed by atoms with Crippen molar-refractivity contribution in [1.82, 2.24) is 0 Å². The molecule has 1 aromatic carbocycles. The summed E-state index contributed by atoms with van der Waals surface area (Å²) < 4.78 is 15.5. The van der Waals surface area contributed by atoms with E-state index in [1.54, 1.807) is 0 Å². The maximum Gasteiger partial charge on any atom is 0.314 e. The molecule has 1 saturated heterocycles. The fourth-order valence-electron chi connectivity index (χ4n) is 3.11. The number of likely N-dealkylation sites (tertiary alicyclic amines) is 1. The molecule has 0 spiro atoms. The van der Waals surface area contributed by atoms with Crippen LogP contribution in [0.25, 0.3) is 0 Å². The minimum Gasteiger partial charge on any atom is -0.502 e. The minimum atomic E-state index is -0.0921. The molecule has 6 heteroatoms. The van der Waals surface area contributed by atoms with Gasteiger partial charge in [-0.15, -0.1) is 0 Å². The number of nitrogens with one attached hydrogen (secondary N) is 1. The quantitative estimate of drug-likeness (QED) is 0.757. The fourth-order valence-corrected chi connectivity index (χ4v) is 3.11. The van der Waals surface area contributed by atoms with Crippen molar-refractivity contribution in [3.8, 4) is 17.2 Å². The molecular weight excluding hydrogens is 298 g/mol. The Hall–Kier alpha value is -1.95. The van der Waals surface area contributed by atoms with Crippen molar-refractivity contribution in [2.45, 2.75) is 26.3 Å². The van der Waals surface area contributed by atoms with Crippen LogP contribution in [0.1, 0.15) is 25.3 Å². The van der Waals surface area contributed by atoms with Crippen molar-refractivity contribution in [2.75, 3.05) is 33.9 Å². The number of rotatable bonds is 6. The zero-order valence-electron chi connectivity index (χ0n) is 14.1. The molecule has 128 valence electrons. The molecule has 1 aliphatic heterocycles. The van der Waals surface area contributed by atoms with Crippen molar-refractivity contribution < 1.29 is 29.0 Å². The van der Waals surface area contributed by atoms with E-state index in [2.05, 4.69) is 0 Å². The van der Waals surface area contributed by atoms with E-state index in [0.29, 0.717) is 18.1 Å². The Morgan fingerprint density at radius 2 is 1.96 bits per heavy atom. The summed E-state index contributed by atoms with van der Waals surface area (Å²) in [7, 11) is 3.03. The third kappa shape index (κ3) is 4.28. The molecule has 0 radical (unpaired) electrons. The molecule has 23 heavy (non-hydrogen) atoms. The molecule has 0 saturated carbocycles. The van der Waals surface area contributed by atoms with Crippen LogP contribution in [0, 0.1) is 5.92 Å². The van der Waals surface area contributed by atoms with Gasteiger partial charge in [0.15, 0.2) is 11.5 Å². The second-order valence-corrected chi connectivity index (χ2v) is 5.82. The number of ether oxygens (including phenoxy) is 3. The molecule has 1 fully saturated rings. The molecule has 2 N–H and O–H groups in total. The van der Waals surface area contributed by atoms with Gasteiger partial charge in [0.1, 0.15) is 12.5 Å². The molecule has 6 nitrogen and oxygen atoms in total. The maximum atomic E-state index is 11.9. The molecule has 1 aromatic rings. The number of quaternary nitrogens is 1. The second kappa shape index (κ2) is 8.06. The van der Waals surface area contributed by atoms with Crippen LogP contribution >= 0.6 is 0 Å². The van der Waals surface area contributed by atoms with Crippen LogP contribution in [0.4, 0.5) is 0 Å². The van der Waals surface area contributed by atoms with Gasteiger partial charge < -0.3 is 24.2 Å². The topological polar surface area (TPSA) is 69.4 Å². The van der Waals surface area contributed by atoms with Gasteiger partial charge in [-0.2, -0.15) is 0 Å². The first-order valence-corrected chi connectivity index (χ1v) is 8.03. The standard InChI is InChI=1S/C17H25NO5/c1-4-23-17(20)13-6-5-7-18(11-13)10-12-8-14(21-2)16(19)15(9-12)22-3/h8-9,13,19H,4-7,10-11H2,1-3H3/p+1/t13-/m0/s1. The lowest BCUT2D eigenvalue weighted by molar-refractivity contribution is -0.921. The van der Waals surface area contributed by atoms with Crippen molar-refractivity contribution in [2.24, 2.45) is 5.92 Å². The number of aromatic hydroxyl groups is 1. The third-order valence-electron chi connectivity index (χ3n) is 4.23. The van der Waals surface area contributed by atoms with Gasteiger partial charge in [0.2, 0.25) is 5.75 Å². The van der Waals surface area contributed by atoms with E-state index in [9.17, 15) is 9.90 Å². The average molecular weight is 324 g/mol. The van der Waals surface area contributed by atoms with Crippen LogP contribution in [-0.2, 0) is 16.1 Å². The number of phenols is 1. The summed E-state index contributed by atoms with van der Waals surface area (Å²) >= 11 is 0. The molecule has 0 amide bonds. The Bertz CT molecular complexity index is 521. The summed E-state index contributed by atoms with van der Waals surface area (Å²) in [6.45, 7) is 4.80. The van der Waals surface area contributed by atoms with Gasteiger partial charge in [-0.3, -0.25) is 4.79 Å². The van der Waals surface area contributed by atoms with E-state index in [0.717, 1.165) is 38.0 Å². The molecule has 0 aromatic heterocycles. The highest BCUT2D eigenvalue weighted by Gasteiger charge is 2.30. The van der Waals surface area contributed by atoms with Crippen molar-refractivity contribution in [3.05, 3.63) is 17.7 Å². The smallest absolute Gasteiger partial charge is 0.314 e. The predicted molar refractivity (Wildman–Crippen MR) is 85.0 cm³/mol. The van der Waals surface area contributed by atoms with Crippen molar-refractivity contribution in [1.29, 1.82) is 0 Å². The number of benzene rings is 1. The summed E-state index contributed by atoms with van der Waals surface area (Å²) in [6.07, 6.45) is 1.90. The normalized spacial score (nSPS) is 20.8. The van der Waals surface area contributed by atoms with Gasteiger partial charge in [-0.1, -0.05) is 0 Å². The first-order valence-electron chi connectivity index (χ1n) is 8.03. The fraction of sp³-hybridized carbons (Fsp3) is 0.588. The third-order valence-corrected chi connectivity index (χ3v) is 4.23. The number of hydrogen-bond donors (Lipinski definition) is 2. The van der Waals surface area contributed by atoms with E-state index in [1.165, 1.54) is 19.1 Å². The number of esters is 1. The Kier molecular flexibility index (Phi) is 6.10. The molecule has 1 heterocycles. The summed E-state index contributed by atoms with van der Waals surface area (Å²) in [6, 6.07) is 3.64. The van der Waals surface area contributed by atoms with Gasteiger partial charge in [0.25, 0.3) is 0 Å². The second-order valence-electron chi connectivity index (χ2n) is 5.82. The first-order chi connectivity index (χ1) is 11.1. The molecule has 0 bridgehead atoms. The Morgan fingerprint density at radius 3 is 2.52 bits per heavy atom. The average Bonchev–Trinajstić information content (AvgIpc) is 2.56. The number of hydrogen-bond acceptors (Lipinski definition) is 5. The minimum absolute atomic E-state index is 0.0109. The maximum absolute atomic E-state index is 11.9. The molecule has 2 rings (SSSR count). The Morgan fingerprint density at radius 1 is 1.30 bits per heavy atom. The monoisotopic (exact) mass is 324 g/mol. The van der Waals surface area contributed by atoms with Crippen LogP contribution in [0.3, 0.4) is 0 Å². The summed E-state index contributed by atoms with van der Waals surface area (Å²) in [4.78, 5) is 13.3. The molecule has 1 unspecified atom stereocenters. The van der Waals surface area contributed by atoms with Gasteiger partial charge in [-0.05, 0) is 31.9 Å². The van der Waals surface area contributed by atoms with Crippen molar-refractivity contribution in [3.63, 3.8) is 0 Å². The lowest BCUT2D eigenvalue weighted by Crippen LogP contribution is -3.12. The summed E-state index contributed by atoms with van der Waals surface area (Å²) in [5.74, 6) is 0.692. The van der Waals surface area contributed by atoms with E-state index in [1.807, 2.05) is 19.1 Å². The Balaban J connectivity index is 2.08. The zero-order valence-corrected chi connectivity index (χ0v) is 14.1. The number of piperidine rings is 1. The number of carbonyl (C=O) groups is 1. The van der Waals surface area contributed by atoms with Crippen LogP contribution in [0.2, 0.25) is 0 Å². The first kappa shape index (κ1) is 17.4. The van der Waals surface area contributed by atoms with Crippen LogP contribution in [0.5, 0.6) is 17.2 Å². The highest BCUT2D eigenvalue weighted by Crippen LogP contribution is 2.36. The number of methoxy groups -OCH3 is 2. The SMILES string of the molecule is CCOC(=O)[C@H]1CCC[NH+](Cc2cc(OC)c(O)c(OC)c2)C1. The van der Waals surface area contributed by atoms with Crippen LogP contribution < -0.4 is 14.4 Å². The van der Waals surface area contributed by atoms with Gasteiger partial charge in [0.05, 0.1) is 33.9 Å². The van der Waals surface area contributed by atoms with Crippen molar-refractivity contribution >= 4 is 5.97 Å². The van der Waals surface area contributed by atoms with E-state index < -0.39 is 0 Å². The van der Waals surface area contributed by atoms with E-state index >= 15 is 0 Å². The molecular formula is C17H26NO5+. The lowest BCUT2D eigenvalue weighted by atomic mass is 9.97. The Labute approximate surface area is 136 Å². The van der Waals surface area contributed by atoms with Gasteiger partial charge in [0, 0.05) is 5.56 Å². The van der Waals surface area contributed by atoms with Gasteiger partial charge in [-0.25, -0.2) is 0 Å². The number of carbonyl (C=O) groups excluding carboxylic acids is 1.